The molecule has 1 aliphatic heterocycles. The van der Waals surface area contributed by atoms with Crippen LogP contribution >= 0.6 is 0 Å². The Labute approximate surface area is 145 Å². The smallest absolute Gasteiger partial charge is 0.355 e. The second-order valence-corrected chi connectivity index (χ2v) is 7.83. The second-order valence-electron chi connectivity index (χ2n) is 5.65. The third kappa shape index (κ3) is 3.43. The number of aromatic nitrogens is 1. The number of esters is 1. The van der Waals surface area contributed by atoms with Crippen molar-refractivity contribution in [3.63, 3.8) is 0 Å². The van der Waals surface area contributed by atoms with E-state index in [0.29, 0.717) is 24.2 Å². The Morgan fingerprint density at radius 2 is 2.08 bits per heavy atom. The van der Waals surface area contributed by atoms with Crippen LogP contribution in [0, 0.1) is 0 Å². The van der Waals surface area contributed by atoms with Gasteiger partial charge in [-0.15, -0.1) is 0 Å². The number of hydrogen-bond acceptors (Lipinski definition) is 5. The molecule has 1 aromatic carbocycles. The van der Waals surface area contributed by atoms with Crippen molar-refractivity contribution in [2.24, 2.45) is 0 Å². The van der Waals surface area contributed by atoms with Gasteiger partial charge in [0.15, 0.2) is 12.4 Å². The highest BCUT2D eigenvalue weighted by Crippen LogP contribution is 2.31. The summed E-state index contributed by atoms with van der Waals surface area (Å²) in [5.41, 5.74) is 2.09. The van der Waals surface area contributed by atoms with Crippen LogP contribution in [0.3, 0.4) is 0 Å². The molecular weight excluding hydrogens is 344 g/mol. The van der Waals surface area contributed by atoms with Gasteiger partial charge in [0.1, 0.15) is 5.69 Å². The van der Waals surface area contributed by atoms with Crippen molar-refractivity contribution in [3.05, 3.63) is 53.3 Å². The Hall–Kier alpha value is -2.61. The highest BCUT2D eigenvalue weighted by Gasteiger charge is 2.28. The number of carbonyl (C=O) groups excluding carboxylic acids is 2. The summed E-state index contributed by atoms with van der Waals surface area (Å²) in [4.78, 5) is 26.7. The molecule has 1 aromatic heterocycles. The minimum absolute atomic E-state index is 0.0296. The van der Waals surface area contributed by atoms with Gasteiger partial charge in [-0.25, -0.2) is 13.2 Å². The molecule has 25 heavy (non-hydrogen) atoms. The molecule has 1 N–H and O–H groups in total. The maximum Gasteiger partial charge on any atom is 0.355 e. The Morgan fingerprint density at radius 3 is 2.76 bits per heavy atom. The molecule has 2 heterocycles. The number of Topliss-reactive ketones (excluding diaryl/α,β-unsaturated/α-hetero) is 1. The zero-order valence-electron chi connectivity index (χ0n) is 13.7. The lowest BCUT2D eigenvalue weighted by atomic mass is 10.1. The molecule has 0 fully saturated rings. The Morgan fingerprint density at radius 1 is 1.28 bits per heavy atom. The number of sulfonamides is 1. The molecule has 0 saturated heterocycles. The summed E-state index contributed by atoms with van der Waals surface area (Å²) in [6, 6.07) is 8.09. The van der Waals surface area contributed by atoms with E-state index in [9.17, 15) is 18.0 Å². The number of benzene rings is 1. The number of rotatable bonds is 6. The monoisotopic (exact) mass is 362 g/mol. The number of anilines is 1. The van der Waals surface area contributed by atoms with Crippen LogP contribution in [0.4, 0.5) is 5.69 Å². The molecule has 0 bridgehead atoms. The highest BCUT2D eigenvalue weighted by atomic mass is 32.2. The second kappa shape index (κ2) is 6.72. The summed E-state index contributed by atoms with van der Waals surface area (Å²) in [7, 11) is -3.32. The predicted molar refractivity (Wildman–Crippen MR) is 92.4 cm³/mol. The van der Waals surface area contributed by atoms with Crippen LogP contribution in [-0.2, 0) is 21.2 Å². The van der Waals surface area contributed by atoms with E-state index in [1.165, 1.54) is 4.31 Å². The first kappa shape index (κ1) is 17.2. The molecular formula is C17H18N2O5S. The minimum Gasteiger partial charge on any atom is -0.453 e. The lowest BCUT2D eigenvalue weighted by Gasteiger charge is -2.18. The van der Waals surface area contributed by atoms with Gasteiger partial charge in [-0.3, -0.25) is 9.10 Å². The van der Waals surface area contributed by atoms with E-state index in [2.05, 4.69) is 4.98 Å². The summed E-state index contributed by atoms with van der Waals surface area (Å²) in [5, 5.41) is 0. The van der Waals surface area contributed by atoms with Crippen LogP contribution < -0.4 is 4.31 Å². The zero-order valence-corrected chi connectivity index (χ0v) is 14.5. The maximum atomic E-state index is 12.2. The highest BCUT2D eigenvalue weighted by molar-refractivity contribution is 7.92. The van der Waals surface area contributed by atoms with Crippen LogP contribution in [0.25, 0.3) is 0 Å². The first-order chi connectivity index (χ1) is 11.9. The van der Waals surface area contributed by atoms with Gasteiger partial charge in [-0.1, -0.05) is 0 Å². The quantitative estimate of drug-likeness (QED) is 0.624. The third-order valence-electron chi connectivity index (χ3n) is 4.11. The standard InChI is InChI=1S/C17H18N2O5S/c1-2-25(22,23)19-9-7-12-10-13(5-6-15(12)19)16(20)11-24-17(21)14-4-3-8-18-14/h3-6,8,10,18H,2,7,9,11H2,1H3. The van der Waals surface area contributed by atoms with Gasteiger partial charge in [-0.05, 0) is 49.2 Å². The fraction of sp³-hybridized carbons (Fsp3) is 0.294. The average molecular weight is 362 g/mol. The predicted octanol–water partition coefficient (Wildman–Crippen LogP) is 1.77. The van der Waals surface area contributed by atoms with E-state index in [4.69, 9.17) is 4.74 Å². The van der Waals surface area contributed by atoms with Crippen molar-refractivity contribution < 1.29 is 22.7 Å². The lowest BCUT2D eigenvalue weighted by Crippen LogP contribution is -2.30. The zero-order chi connectivity index (χ0) is 18.0. The van der Waals surface area contributed by atoms with Crippen LogP contribution in [-0.4, -0.2) is 44.1 Å². The summed E-state index contributed by atoms with van der Waals surface area (Å²) < 4.78 is 30.5. The molecule has 7 nitrogen and oxygen atoms in total. The average Bonchev–Trinajstić information content (AvgIpc) is 3.28. The van der Waals surface area contributed by atoms with Crippen LogP contribution in [0.1, 0.15) is 33.3 Å². The van der Waals surface area contributed by atoms with Crippen LogP contribution in [0.5, 0.6) is 0 Å². The van der Waals surface area contributed by atoms with Gasteiger partial charge in [-0.2, -0.15) is 0 Å². The van der Waals surface area contributed by atoms with Gasteiger partial charge < -0.3 is 9.72 Å². The molecule has 0 amide bonds. The van der Waals surface area contributed by atoms with Gasteiger partial charge in [0, 0.05) is 18.3 Å². The number of nitrogens with one attached hydrogen (secondary N) is 1. The van der Waals surface area contributed by atoms with Crippen molar-refractivity contribution in [1.29, 1.82) is 0 Å². The molecule has 0 unspecified atom stereocenters. The first-order valence-corrected chi connectivity index (χ1v) is 9.50. The van der Waals surface area contributed by atoms with Crippen molar-refractivity contribution in [2.75, 3.05) is 23.2 Å². The number of fused-ring (bicyclic) bond motifs is 1. The molecule has 3 rings (SSSR count). The lowest BCUT2D eigenvalue weighted by molar-refractivity contribution is 0.0469. The number of carbonyl (C=O) groups is 2. The largest absolute Gasteiger partial charge is 0.453 e. The molecule has 132 valence electrons. The van der Waals surface area contributed by atoms with Crippen molar-refractivity contribution in [3.8, 4) is 0 Å². The van der Waals surface area contributed by atoms with Crippen molar-refractivity contribution in [1.82, 2.24) is 4.98 Å². The van der Waals surface area contributed by atoms with Crippen LogP contribution in [0.15, 0.2) is 36.5 Å². The summed E-state index contributed by atoms with van der Waals surface area (Å²) in [6.45, 7) is 1.61. The van der Waals surface area contributed by atoms with Crippen molar-refractivity contribution >= 4 is 27.5 Å². The van der Waals surface area contributed by atoms with Gasteiger partial charge >= 0.3 is 5.97 Å². The molecule has 0 aliphatic carbocycles. The van der Waals surface area contributed by atoms with E-state index in [0.717, 1.165) is 5.56 Å². The summed E-state index contributed by atoms with van der Waals surface area (Å²) in [6.07, 6.45) is 2.15. The van der Waals surface area contributed by atoms with Crippen LogP contribution in [0.2, 0.25) is 0 Å². The number of hydrogen-bond donors (Lipinski definition) is 1. The Bertz CT molecular complexity index is 903. The Kier molecular flexibility index (Phi) is 4.63. The van der Waals surface area contributed by atoms with E-state index < -0.39 is 16.0 Å². The van der Waals surface area contributed by atoms with E-state index >= 15 is 0 Å². The van der Waals surface area contributed by atoms with E-state index in [1.807, 2.05) is 0 Å². The SMILES string of the molecule is CCS(=O)(=O)N1CCc2cc(C(=O)COC(=O)c3ccc[nH]3)ccc21. The maximum absolute atomic E-state index is 12.2. The molecule has 0 radical (unpaired) electrons. The fourth-order valence-electron chi connectivity index (χ4n) is 2.74. The molecule has 1 aliphatic rings. The Balaban J connectivity index is 1.70. The minimum atomic E-state index is -3.32. The fourth-order valence-corrected chi connectivity index (χ4v) is 3.90. The first-order valence-electron chi connectivity index (χ1n) is 7.89. The molecule has 8 heteroatoms. The van der Waals surface area contributed by atoms with Gasteiger partial charge in [0.05, 0.1) is 11.4 Å². The normalized spacial score (nSPS) is 13.6. The number of H-pyrrole nitrogens is 1. The van der Waals surface area contributed by atoms with E-state index in [-0.39, 0.29) is 23.8 Å². The van der Waals surface area contributed by atoms with E-state index in [1.54, 1.807) is 43.5 Å². The summed E-state index contributed by atoms with van der Waals surface area (Å²) in [5.74, 6) is -0.902. The number of ketones is 1. The summed E-state index contributed by atoms with van der Waals surface area (Å²) >= 11 is 0. The third-order valence-corrected chi connectivity index (χ3v) is 5.89. The molecule has 0 spiro atoms. The molecule has 0 atom stereocenters. The number of nitrogens with zero attached hydrogens (tertiary/aromatic N) is 1. The topological polar surface area (TPSA) is 96.5 Å². The molecule has 0 saturated carbocycles. The number of ether oxygens (including phenoxy) is 1. The molecule has 2 aromatic rings. The van der Waals surface area contributed by atoms with Gasteiger partial charge in [0.2, 0.25) is 10.0 Å². The number of aromatic amines is 1. The van der Waals surface area contributed by atoms with Gasteiger partial charge in [0.25, 0.3) is 0 Å². The van der Waals surface area contributed by atoms with Crippen molar-refractivity contribution in [2.45, 2.75) is 13.3 Å².